The van der Waals surface area contributed by atoms with Crippen LogP contribution in [0.15, 0.2) is 18.2 Å². The second-order valence-electron chi connectivity index (χ2n) is 4.67. The molecule has 0 aliphatic carbocycles. The second kappa shape index (κ2) is 5.55. The van der Waals surface area contributed by atoms with Gasteiger partial charge in [-0.3, -0.25) is 9.48 Å². The van der Waals surface area contributed by atoms with Gasteiger partial charge in [-0.2, -0.15) is 5.10 Å². The van der Waals surface area contributed by atoms with Crippen LogP contribution in [0, 0.1) is 31.3 Å². The van der Waals surface area contributed by atoms with Crippen molar-refractivity contribution >= 4 is 11.9 Å². The Kier molecular flexibility index (Phi) is 3.97. The molecule has 0 spiro atoms. The molecule has 110 valence electrons. The van der Waals surface area contributed by atoms with Gasteiger partial charge in [0.2, 0.25) is 0 Å². The SMILES string of the molecule is Cc1nn(C)c(C)c1C(=O)C=Cc1cc(F)c(F)c(F)c1. The number of hydrogen-bond acceptors (Lipinski definition) is 2. The lowest BCUT2D eigenvalue weighted by atomic mass is 10.1. The zero-order valence-corrected chi connectivity index (χ0v) is 11.7. The van der Waals surface area contributed by atoms with E-state index < -0.39 is 17.5 Å². The first-order valence-electron chi connectivity index (χ1n) is 6.18. The van der Waals surface area contributed by atoms with Crippen LogP contribution in [0.3, 0.4) is 0 Å². The van der Waals surface area contributed by atoms with Gasteiger partial charge in [0, 0.05) is 12.7 Å². The van der Waals surface area contributed by atoms with E-state index in [1.807, 2.05) is 0 Å². The minimum Gasteiger partial charge on any atom is -0.289 e. The van der Waals surface area contributed by atoms with E-state index in [1.165, 1.54) is 12.2 Å². The number of nitrogens with zero attached hydrogens (tertiary/aromatic N) is 2. The highest BCUT2D eigenvalue weighted by Gasteiger charge is 2.15. The molecule has 0 saturated carbocycles. The molecular formula is C15H13F3N2O. The molecule has 0 amide bonds. The Morgan fingerprint density at radius 1 is 1.19 bits per heavy atom. The molecule has 0 aliphatic heterocycles. The standard InChI is InChI=1S/C15H13F3N2O/c1-8-14(9(2)20(3)19-8)13(21)5-4-10-6-11(16)15(18)12(17)7-10/h4-7H,1-3H3. The summed E-state index contributed by atoms with van der Waals surface area (Å²) in [5.41, 5.74) is 1.77. The Balaban J connectivity index is 2.31. The molecule has 0 unspecified atom stereocenters. The molecule has 1 aromatic carbocycles. The highest BCUT2D eigenvalue weighted by molar-refractivity contribution is 6.08. The molecule has 0 radical (unpaired) electrons. The van der Waals surface area contributed by atoms with Gasteiger partial charge in [0.05, 0.1) is 11.3 Å². The van der Waals surface area contributed by atoms with Gasteiger partial charge in [-0.25, -0.2) is 13.2 Å². The highest BCUT2D eigenvalue weighted by Crippen LogP contribution is 2.17. The molecule has 0 N–H and O–H groups in total. The number of benzene rings is 1. The summed E-state index contributed by atoms with van der Waals surface area (Å²) >= 11 is 0. The van der Waals surface area contributed by atoms with Gasteiger partial charge in [0.1, 0.15) is 0 Å². The smallest absolute Gasteiger partial charge is 0.194 e. The number of aromatic nitrogens is 2. The molecule has 0 fully saturated rings. The van der Waals surface area contributed by atoms with Gasteiger partial charge in [-0.05, 0) is 37.6 Å². The van der Waals surface area contributed by atoms with E-state index in [0.717, 1.165) is 12.1 Å². The van der Waals surface area contributed by atoms with E-state index in [2.05, 4.69) is 5.10 Å². The molecule has 0 bridgehead atoms. The average Bonchev–Trinajstić information content (AvgIpc) is 2.66. The predicted octanol–water partition coefficient (Wildman–Crippen LogP) is 3.35. The van der Waals surface area contributed by atoms with Gasteiger partial charge in [-0.1, -0.05) is 6.08 Å². The third-order valence-electron chi connectivity index (χ3n) is 3.19. The van der Waals surface area contributed by atoms with E-state index in [0.29, 0.717) is 17.0 Å². The van der Waals surface area contributed by atoms with Crippen molar-refractivity contribution in [1.82, 2.24) is 9.78 Å². The van der Waals surface area contributed by atoms with Crippen LogP contribution in [0.4, 0.5) is 13.2 Å². The van der Waals surface area contributed by atoms with E-state index in [1.54, 1.807) is 25.6 Å². The quantitative estimate of drug-likeness (QED) is 0.494. The third kappa shape index (κ3) is 2.89. The number of ketones is 1. The van der Waals surface area contributed by atoms with Crippen LogP contribution in [0.2, 0.25) is 0 Å². The Morgan fingerprint density at radius 3 is 2.24 bits per heavy atom. The maximum Gasteiger partial charge on any atom is 0.194 e. The monoisotopic (exact) mass is 294 g/mol. The van der Waals surface area contributed by atoms with Crippen LogP contribution in [0.5, 0.6) is 0 Å². The lowest BCUT2D eigenvalue weighted by Gasteiger charge is -1.99. The fourth-order valence-corrected chi connectivity index (χ4v) is 2.06. The largest absolute Gasteiger partial charge is 0.289 e. The highest BCUT2D eigenvalue weighted by atomic mass is 19.2. The summed E-state index contributed by atoms with van der Waals surface area (Å²) in [6.45, 7) is 3.45. The van der Waals surface area contributed by atoms with Crippen LogP contribution in [-0.2, 0) is 7.05 Å². The van der Waals surface area contributed by atoms with Crippen molar-refractivity contribution in [2.45, 2.75) is 13.8 Å². The number of carbonyl (C=O) groups excluding carboxylic acids is 1. The molecule has 1 heterocycles. The number of rotatable bonds is 3. The molecule has 21 heavy (non-hydrogen) atoms. The Morgan fingerprint density at radius 2 is 1.76 bits per heavy atom. The topological polar surface area (TPSA) is 34.9 Å². The van der Waals surface area contributed by atoms with E-state index in [9.17, 15) is 18.0 Å². The first-order valence-corrected chi connectivity index (χ1v) is 6.18. The van der Waals surface area contributed by atoms with Crippen molar-refractivity contribution in [3.8, 4) is 0 Å². The number of hydrogen-bond donors (Lipinski definition) is 0. The molecule has 2 rings (SSSR count). The minimum atomic E-state index is -1.53. The zero-order chi connectivity index (χ0) is 15.7. The normalized spacial score (nSPS) is 11.3. The van der Waals surface area contributed by atoms with Gasteiger partial charge in [0.15, 0.2) is 23.2 Å². The van der Waals surface area contributed by atoms with E-state index >= 15 is 0 Å². The molecule has 0 aliphatic rings. The molecule has 3 nitrogen and oxygen atoms in total. The molecule has 1 aromatic heterocycles. The molecule has 2 aromatic rings. The molecule has 6 heteroatoms. The van der Waals surface area contributed by atoms with Crippen molar-refractivity contribution in [2.24, 2.45) is 7.05 Å². The molecule has 0 atom stereocenters. The first kappa shape index (κ1) is 15.0. The minimum absolute atomic E-state index is 0.0685. The van der Waals surface area contributed by atoms with Crippen molar-refractivity contribution in [3.05, 3.63) is 58.2 Å². The second-order valence-corrected chi connectivity index (χ2v) is 4.67. The fourth-order valence-electron chi connectivity index (χ4n) is 2.06. The van der Waals surface area contributed by atoms with Crippen molar-refractivity contribution in [3.63, 3.8) is 0 Å². The third-order valence-corrected chi connectivity index (χ3v) is 3.19. The van der Waals surface area contributed by atoms with Crippen molar-refractivity contribution in [2.75, 3.05) is 0 Å². The number of allylic oxidation sites excluding steroid dienone is 1. The molecule has 0 saturated heterocycles. The Labute approximate surface area is 119 Å². The first-order chi connectivity index (χ1) is 9.81. The Bertz CT molecular complexity index is 725. The zero-order valence-electron chi connectivity index (χ0n) is 11.7. The summed E-state index contributed by atoms with van der Waals surface area (Å²) in [5, 5.41) is 4.12. The summed E-state index contributed by atoms with van der Waals surface area (Å²) in [6, 6.07) is 1.65. The van der Waals surface area contributed by atoms with Crippen LogP contribution >= 0.6 is 0 Å². The van der Waals surface area contributed by atoms with Crippen molar-refractivity contribution < 1.29 is 18.0 Å². The van der Waals surface area contributed by atoms with Gasteiger partial charge >= 0.3 is 0 Å². The summed E-state index contributed by atoms with van der Waals surface area (Å²) in [4.78, 5) is 12.1. The van der Waals surface area contributed by atoms with Crippen LogP contribution in [-0.4, -0.2) is 15.6 Å². The summed E-state index contributed by atoms with van der Waals surface area (Å²) < 4.78 is 40.6. The number of halogens is 3. The van der Waals surface area contributed by atoms with Gasteiger partial charge in [0.25, 0.3) is 0 Å². The predicted molar refractivity (Wildman–Crippen MR) is 72.4 cm³/mol. The fraction of sp³-hybridized carbons (Fsp3) is 0.200. The summed E-state index contributed by atoms with van der Waals surface area (Å²) in [5.74, 6) is -4.45. The number of aryl methyl sites for hydroxylation is 2. The Hall–Kier alpha value is -2.37. The summed E-state index contributed by atoms with van der Waals surface area (Å²) in [6.07, 6.45) is 2.42. The van der Waals surface area contributed by atoms with Gasteiger partial charge < -0.3 is 0 Å². The summed E-state index contributed by atoms with van der Waals surface area (Å²) in [7, 11) is 1.72. The maximum absolute atomic E-state index is 13.1. The van der Waals surface area contributed by atoms with Crippen LogP contribution in [0.1, 0.15) is 27.3 Å². The van der Waals surface area contributed by atoms with Crippen molar-refractivity contribution in [1.29, 1.82) is 0 Å². The molecular weight excluding hydrogens is 281 g/mol. The lowest BCUT2D eigenvalue weighted by molar-refractivity contribution is 0.104. The lowest BCUT2D eigenvalue weighted by Crippen LogP contribution is -1.99. The van der Waals surface area contributed by atoms with Crippen LogP contribution < -0.4 is 0 Å². The number of carbonyl (C=O) groups is 1. The van der Waals surface area contributed by atoms with E-state index in [4.69, 9.17) is 0 Å². The average molecular weight is 294 g/mol. The maximum atomic E-state index is 13.1. The van der Waals surface area contributed by atoms with Gasteiger partial charge in [-0.15, -0.1) is 0 Å². The van der Waals surface area contributed by atoms with E-state index in [-0.39, 0.29) is 11.3 Å². The van der Waals surface area contributed by atoms with Crippen LogP contribution in [0.25, 0.3) is 6.08 Å².